The van der Waals surface area contributed by atoms with Gasteiger partial charge in [-0.1, -0.05) is 6.07 Å². The first kappa shape index (κ1) is 12.1. The highest BCUT2D eigenvalue weighted by molar-refractivity contribution is 7.85. The van der Waals surface area contributed by atoms with Gasteiger partial charge in [0.2, 0.25) is 0 Å². The Morgan fingerprint density at radius 3 is 2.71 bits per heavy atom. The van der Waals surface area contributed by atoms with Crippen LogP contribution < -0.4 is 16.2 Å². The number of nitrogen functional groups attached to an aromatic ring is 1. The lowest BCUT2D eigenvalue weighted by molar-refractivity contribution is 0.0953. The van der Waals surface area contributed by atoms with Crippen LogP contribution in [0.3, 0.4) is 0 Å². The van der Waals surface area contributed by atoms with Crippen LogP contribution in [0.2, 0.25) is 0 Å². The van der Waals surface area contributed by atoms with Gasteiger partial charge in [0, 0.05) is 46.6 Å². The zero-order valence-corrected chi connectivity index (χ0v) is 10.2. The van der Waals surface area contributed by atoms with Gasteiger partial charge >= 0.3 is 0 Å². The molecular formula is C11H15N3O2S. The van der Waals surface area contributed by atoms with E-state index in [0.29, 0.717) is 17.1 Å². The van der Waals surface area contributed by atoms with Gasteiger partial charge in [-0.3, -0.25) is 14.4 Å². The van der Waals surface area contributed by atoms with Crippen LogP contribution in [-0.2, 0) is 10.8 Å². The van der Waals surface area contributed by atoms with Gasteiger partial charge in [-0.05, 0) is 18.2 Å². The van der Waals surface area contributed by atoms with Gasteiger partial charge in [-0.2, -0.15) is 0 Å². The van der Waals surface area contributed by atoms with Crippen LogP contribution in [0.1, 0.15) is 10.4 Å². The molecule has 6 heteroatoms. The van der Waals surface area contributed by atoms with Crippen LogP contribution in [0.25, 0.3) is 0 Å². The first-order valence-corrected chi connectivity index (χ1v) is 6.90. The third kappa shape index (κ3) is 2.83. The number of carbonyl (C=O) groups is 1. The van der Waals surface area contributed by atoms with Crippen LogP contribution in [0.15, 0.2) is 24.3 Å². The van der Waals surface area contributed by atoms with Gasteiger partial charge in [0.05, 0.1) is 0 Å². The molecule has 1 amide bonds. The fraction of sp³-hybridized carbons (Fsp3) is 0.364. The summed E-state index contributed by atoms with van der Waals surface area (Å²) in [5.41, 5.74) is 3.63. The first-order chi connectivity index (χ1) is 8.20. The van der Waals surface area contributed by atoms with Crippen LogP contribution in [0.4, 0.5) is 5.69 Å². The minimum Gasteiger partial charge on any atom is -0.370 e. The van der Waals surface area contributed by atoms with Crippen molar-refractivity contribution in [1.29, 1.82) is 0 Å². The summed E-state index contributed by atoms with van der Waals surface area (Å²) >= 11 is 0. The molecule has 0 aromatic heterocycles. The summed E-state index contributed by atoms with van der Waals surface area (Å²) in [6.45, 7) is 1.53. The van der Waals surface area contributed by atoms with E-state index in [1.165, 1.54) is 0 Å². The van der Waals surface area contributed by atoms with E-state index in [0.717, 1.165) is 18.8 Å². The summed E-state index contributed by atoms with van der Waals surface area (Å²) in [6.07, 6.45) is 0. The predicted molar refractivity (Wildman–Crippen MR) is 68.2 cm³/mol. The first-order valence-electron chi connectivity index (χ1n) is 5.41. The molecule has 0 atom stereocenters. The summed E-state index contributed by atoms with van der Waals surface area (Å²) in [5.74, 6) is 6.17. The zero-order valence-electron chi connectivity index (χ0n) is 9.39. The summed E-state index contributed by atoms with van der Waals surface area (Å²) in [4.78, 5) is 13.5. The van der Waals surface area contributed by atoms with E-state index in [1.807, 2.05) is 12.1 Å². The Morgan fingerprint density at radius 1 is 1.35 bits per heavy atom. The number of nitrogens with zero attached hydrogens (tertiary/aromatic N) is 1. The maximum Gasteiger partial charge on any atom is 0.265 e. The Bertz CT molecular complexity index is 440. The van der Waals surface area contributed by atoms with Crippen molar-refractivity contribution in [2.75, 3.05) is 29.5 Å². The monoisotopic (exact) mass is 253 g/mol. The number of hydrogen-bond donors (Lipinski definition) is 2. The lowest BCUT2D eigenvalue weighted by atomic mass is 10.2. The second-order valence-electron chi connectivity index (χ2n) is 3.86. The lowest BCUT2D eigenvalue weighted by Crippen LogP contribution is -2.38. The highest BCUT2D eigenvalue weighted by Crippen LogP contribution is 2.17. The van der Waals surface area contributed by atoms with Gasteiger partial charge in [-0.15, -0.1) is 0 Å². The molecule has 3 N–H and O–H groups in total. The van der Waals surface area contributed by atoms with Crippen LogP contribution >= 0.6 is 0 Å². The smallest absolute Gasteiger partial charge is 0.265 e. The van der Waals surface area contributed by atoms with Crippen molar-refractivity contribution in [3.05, 3.63) is 29.8 Å². The number of hydrazine groups is 1. The SMILES string of the molecule is NNC(=O)c1cccc(N2CCS(=O)CC2)c1. The molecule has 0 spiro atoms. The fourth-order valence-corrected chi connectivity index (χ4v) is 2.88. The molecule has 1 aromatic carbocycles. The molecule has 1 heterocycles. The van der Waals surface area contributed by atoms with E-state index < -0.39 is 10.8 Å². The van der Waals surface area contributed by atoms with E-state index >= 15 is 0 Å². The van der Waals surface area contributed by atoms with Gasteiger partial charge in [0.25, 0.3) is 5.91 Å². The normalized spacial score (nSPS) is 16.9. The third-order valence-electron chi connectivity index (χ3n) is 2.78. The molecule has 0 bridgehead atoms. The molecule has 1 aliphatic heterocycles. The van der Waals surface area contributed by atoms with Crippen molar-refractivity contribution in [1.82, 2.24) is 5.43 Å². The summed E-state index contributed by atoms with van der Waals surface area (Å²) in [5, 5.41) is 0. The molecule has 92 valence electrons. The summed E-state index contributed by atoms with van der Waals surface area (Å²) < 4.78 is 11.3. The number of rotatable bonds is 2. The topological polar surface area (TPSA) is 75.4 Å². The molecule has 5 nitrogen and oxygen atoms in total. The summed E-state index contributed by atoms with van der Waals surface area (Å²) in [6, 6.07) is 7.29. The van der Waals surface area contributed by atoms with Crippen molar-refractivity contribution >= 4 is 22.4 Å². The molecule has 0 saturated carbocycles. The number of carbonyl (C=O) groups excluding carboxylic acids is 1. The van der Waals surface area contributed by atoms with E-state index in [2.05, 4.69) is 10.3 Å². The Hall–Kier alpha value is -1.40. The molecule has 0 radical (unpaired) electrons. The average Bonchev–Trinajstić information content (AvgIpc) is 2.39. The van der Waals surface area contributed by atoms with Crippen LogP contribution in [0, 0.1) is 0 Å². The van der Waals surface area contributed by atoms with E-state index in [4.69, 9.17) is 5.84 Å². The maximum absolute atomic E-state index is 11.4. The molecule has 2 rings (SSSR count). The molecule has 1 fully saturated rings. The van der Waals surface area contributed by atoms with Gasteiger partial charge in [0.15, 0.2) is 0 Å². The molecule has 1 aliphatic rings. The minimum atomic E-state index is -0.691. The number of amides is 1. The van der Waals surface area contributed by atoms with Crippen molar-refractivity contribution in [2.45, 2.75) is 0 Å². The van der Waals surface area contributed by atoms with E-state index in [1.54, 1.807) is 12.1 Å². The molecule has 1 saturated heterocycles. The molecule has 17 heavy (non-hydrogen) atoms. The number of nitrogens with two attached hydrogens (primary N) is 1. The van der Waals surface area contributed by atoms with E-state index in [9.17, 15) is 9.00 Å². The van der Waals surface area contributed by atoms with Gasteiger partial charge in [-0.25, -0.2) is 5.84 Å². The second kappa shape index (κ2) is 5.29. The minimum absolute atomic E-state index is 0.299. The fourth-order valence-electron chi connectivity index (χ4n) is 1.82. The zero-order chi connectivity index (χ0) is 12.3. The van der Waals surface area contributed by atoms with Crippen LogP contribution in [-0.4, -0.2) is 34.7 Å². The quantitative estimate of drug-likeness (QED) is 0.437. The molecule has 0 aliphatic carbocycles. The molecule has 0 unspecified atom stereocenters. The predicted octanol–water partition coefficient (Wildman–Crippen LogP) is -0.141. The highest BCUT2D eigenvalue weighted by atomic mass is 32.2. The van der Waals surface area contributed by atoms with Gasteiger partial charge < -0.3 is 4.90 Å². The lowest BCUT2D eigenvalue weighted by Gasteiger charge is -2.28. The average molecular weight is 253 g/mol. The van der Waals surface area contributed by atoms with Crippen molar-refractivity contribution in [3.63, 3.8) is 0 Å². The van der Waals surface area contributed by atoms with Gasteiger partial charge in [0.1, 0.15) is 0 Å². The number of benzene rings is 1. The van der Waals surface area contributed by atoms with Crippen molar-refractivity contribution in [3.8, 4) is 0 Å². The Labute approximate surface area is 102 Å². The Kier molecular flexibility index (Phi) is 3.75. The largest absolute Gasteiger partial charge is 0.370 e. The molecular weight excluding hydrogens is 238 g/mol. The van der Waals surface area contributed by atoms with Crippen molar-refractivity contribution in [2.24, 2.45) is 5.84 Å². The highest BCUT2D eigenvalue weighted by Gasteiger charge is 2.16. The molecule has 1 aromatic rings. The Morgan fingerprint density at radius 2 is 2.06 bits per heavy atom. The standard InChI is InChI=1S/C11H15N3O2S/c12-13-11(15)9-2-1-3-10(8-9)14-4-6-17(16)7-5-14/h1-3,8H,4-7,12H2,(H,13,15). The second-order valence-corrected chi connectivity index (χ2v) is 5.56. The van der Waals surface area contributed by atoms with Crippen LogP contribution in [0.5, 0.6) is 0 Å². The summed E-state index contributed by atoms with van der Waals surface area (Å²) in [7, 11) is -0.691. The van der Waals surface area contributed by atoms with Crippen molar-refractivity contribution < 1.29 is 9.00 Å². The Balaban J connectivity index is 2.16. The maximum atomic E-state index is 11.4. The van der Waals surface area contributed by atoms with E-state index in [-0.39, 0.29) is 5.91 Å². The third-order valence-corrected chi connectivity index (χ3v) is 4.06. The number of nitrogens with one attached hydrogen (secondary N) is 1. The number of anilines is 1. The number of hydrogen-bond acceptors (Lipinski definition) is 4.